The van der Waals surface area contributed by atoms with Crippen LogP contribution in [0.15, 0.2) is 22.7 Å². The summed E-state index contributed by atoms with van der Waals surface area (Å²) in [7, 11) is 0. The zero-order valence-electron chi connectivity index (χ0n) is 11.0. The number of hydrogen-bond acceptors (Lipinski definition) is 2. The van der Waals surface area contributed by atoms with Crippen LogP contribution in [0, 0.1) is 5.41 Å². The number of benzene rings is 1. The number of hydrogen-bond donors (Lipinski definition) is 2. The lowest BCUT2D eigenvalue weighted by Gasteiger charge is -2.29. The van der Waals surface area contributed by atoms with Crippen molar-refractivity contribution in [2.45, 2.75) is 33.2 Å². The van der Waals surface area contributed by atoms with Gasteiger partial charge in [-0.05, 0) is 36.6 Å². The van der Waals surface area contributed by atoms with E-state index in [9.17, 15) is 5.11 Å². The maximum absolute atomic E-state index is 9.50. The van der Waals surface area contributed by atoms with Gasteiger partial charge >= 0.3 is 0 Å². The highest BCUT2D eigenvalue weighted by atomic mass is 79.9. The first-order chi connectivity index (χ1) is 8.56. The standard InChI is InChI=1S/C14H21BrClNO/c1-3-14(4-2,10-18)9-17-8-11-7-12(15)5-6-13(11)16/h5-7,17-18H,3-4,8-10H2,1-2H3. The van der Waals surface area contributed by atoms with Crippen molar-refractivity contribution in [3.63, 3.8) is 0 Å². The number of nitrogens with one attached hydrogen (secondary N) is 1. The lowest BCUT2D eigenvalue weighted by molar-refractivity contribution is 0.113. The van der Waals surface area contributed by atoms with Crippen LogP contribution >= 0.6 is 27.5 Å². The smallest absolute Gasteiger partial charge is 0.0499 e. The van der Waals surface area contributed by atoms with Crippen molar-refractivity contribution >= 4 is 27.5 Å². The van der Waals surface area contributed by atoms with Crippen LogP contribution in [0.4, 0.5) is 0 Å². The van der Waals surface area contributed by atoms with Crippen molar-refractivity contribution in [2.24, 2.45) is 5.41 Å². The summed E-state index contributed by atoms with van der Waals surface area (Å²) >= 11 is 9.58. The van der Waals surface area contributed by atoms with Gasteiger partial charge in [-0.1, -0.05) is 41.4 Å². The van der Waals surface area contributed by atoms with Gasteiger partial charge in [-0.15, -0.1) is 0 Å². The number of aliphatic hydroxyl groups excluding tert-OH is 1. The molecule has 0 unspecified atom stereocenters. The Bertz CT molecular complexity index is 372. The van der Waals surface area contributed by atoms with E-state index in [2.05, 4.69) is 35.1 Å². The van der Waals surface area contributed by atoms with Gasteiger partial charge in [-0.3, -0.25) is 0 Å². The van der Waals surface area contributed by atoms with E-state index in [0.717, 1.165) is 41.0 Å². The van der Waals surface area contributed by atoms with E-state index in [1.807, 2.05) is 18.2 Å². The van der Waals surface area contributed by atoms with Gasteiger partial charge in [0.15, 0.2) is 0 Å². The molecule has 4 heteroatoms. The number of rotatable bonds is 7. The van der Waals surface area contributed by atoms with Gasteiger partial charge in [-0.25, -0.2) is 0 Å². The van der Waals surface area contributed by atoms with Gasteiger partial charge in [0, 0.05) is 34.6 Å². The summed E-state index contributed by atoms with van der Waals surface area (Å²) in [6.07, 6.45) is 1.94. The topological polar surface area (TPSA) is 32.3 Å². The Balaban J connectivity index is 2.57. The van der Waals surface area contributed by atoms with Gasteiger partial charge in [0.25, 0.3) is 0 Å². The average molecular weight is 335 g/mol. The summed E-state index contributed by atoms with van der Waals surface area (Å²) in [6, 6.07) is 5.84. The zero-order valence-corrected chi connectivity index (χ0v) is 13.3. The van der Waals surface area contributed by atoms with Crippen molar-refractivity contribution in [3.8, 4) is 0 Å². The van der Waals surface area contributed by atoms with E-state index >= 15 is 0 Å². The van der Waals surface area contributed by atoms with E-state index in [1.165, 1.54) is 0 Å². The minimum Gasteiger partial charge on any atom is -0.396 e. The molecule has 1 aromatic carbocycles. The Morgan fingerprint density at radius 2 is 2.00 bits per heavy atom. The molecule has 1 rings (SSSR count). The fraction of sp³-hybridized carbons (Fsp3) is 0.571. The van der Waals surface area contributed by atoms with Crippen LogP contribution in [0.2, 0.25) is 5.02 Å². The second-order valence-electron chi connectivity index (χ2n) is 4.70. The highest BCUT2D eigenvalue weighted by Crippen LogP contribution is 2.25. The van der Waals surface area contributed by atoms with Gasteiger partial charge < -0.3 is 10.4 Å². The molecule has 0 aliphatic carbocycles. The van der Waals surface area contributed by atoms with E-state index in [0.29, 0.717) is 0 Å². The fourth-order valence-corrected chi connectivity index (χ4v) is 2.51. The third-order valence-electron chi connectivity index (χ3n) is 3.66. The minimum atomic E-state index is -0.0154. The van der Waals surface area contributed by atoms with Crippen molar-refractivity contribution < 1.29 is 5.11 Å². The summed E-state index contributed by atoms with van der Waals surface area (Å²) in [5.74, 6) is 0. The Morgan fingerprint density at radius 1 is 1.33 bits per heavy atom. The Labute approximate surface area is 123 Å². The lowest BCUT2D eigenvalue weighted by atomic mass is 9.83. The maximum atomic E-state index is 9.50. The van der Waals surface area contributed by atoms with Gasteiger partial charge in [0.1, 0.15) is 0 Å². The molecule has 2 N–H and O–H groups in total. The molecule has 0 saturated carbocycles. The zero-order chi connectivity index (χ0) is 13.6. The number of halogens is 2. The van der Waals surface area contributed by atoms with Crippen LogP contribution in [0.25, 0.3) is 0 Å². The Morgan fingerprint density at radius 3 is 2.56 bits per heavy atom. The molecule has 102 valence electrons. The summed E-state index contributed by atoms with van der Waals surface area (Å²) in [5.41, 5.74) is 1.06. The van der Waals surface area contributed by atoms with Crippen molar-refractivity contribution in [1.82, 2.24) is 5.32 Å². The molecule has 0 aliphatic rings. The first kappa shape index (κ1) is 16.0. The van der Waals surface area contributed by atoms with E-state index in [-0.39, 0.29) is 12.0 Å². The Kier molecular flexibility index (Phi) is 6.64. The van der Waals surface area contributed by atoms with Crippen LogP contribution in [-0.4, -0.2) is 18.3 Å². The molecule has 0 fully saturated rings. The molecule has 0 radical (unpaired) electrons. The van der Waals surface area contributed by atoms with Crippen LogP contribution in [0.3, 0.4) is 0 Å². The third-order valence-corrected chi connectivity index (χ3v) is 4.52. The van der Waals surface area contributed by atoms with E-state index in [1.54, 1.807) is 0 Å². The van der Waals surface area contributed by atoms with Gasteiger partial charge in [0.2, 0.25) is 0 Å². The summed E-state index contributed by atoms with van der Waals surface area (Å²) < 4.78 is 1.03. The molecule has 0 aliphatic heterocycles. The molecule has 0 heterocycles. The summed E-state index contributed by atoms with van der Waals surface area (Å²) in [5, 5.41) is 13.7. The first-order valence-corrected chi connectivity index (χ1v) is 7.49. The molecule has 18 heavy (non-hydrogen) atoms. The van der Waals surface area contributed by atoms with Crippen molar-refractivity contribution in [1.29, 1.82) is 0 Å². The highest BCUT2D eigenvalue weighted by Gasteiger charge is 2.24. The van der Waals surface area contributed by atoms with Crippen molar-refractivity contribution in [3.05, 3.63) is 33.3 Å². The molecule has 0 saturated heterocycles. The largest absolute Gasteiger partial charge is 0.396 e. The SMILES string of the molecule is CCC(CC)(CO)CNCc1cc(Br)ccc1Cl. The highest BCUT2D eigenvalue weighted by molar-refractivity contribution is 9.10. The maximum Gasteiger partial charge on any atom is 0.0499 e. The van der Waals surface area contributed by atoms with E-state index < -0.39 is 0 Å². The van der Waals surface area contributed by atoms with Crippen LogP contribution in [0.1, 0.15) is 32.3 Å². The second kappa shape index (κ2) is 7.49. The molecule has 0 aromatic heterocycles. The predicted molar refractivity (Wildman–Crippen MR) is 81.0 cm³/mol. The molecular weight excluding hydrogens is 314 g/mol. The summed E-state index contributed by atoms with van der Waals surface area (Å²) in [4.78, 5) is 0. The van der Waals surface area contributed by atoms with Crippen LogP contribution < -0.4 is 5.32 Å². The lowest BCUT2D eigenvalue weighted by Crippen LogP contribution is -2.36. The molecular formula is C14H21BrClNO. The third kappa shape index (κ3) is 4.23. The first-order valence-electron chi connectivity index (χ1n) is 6.32. The molecule has 0 amide bonds. The quantitative estimate of drug-likeness (QED) is 0.790. The molecule has 1 aromatic rings. The average Bonchev–Trinajstić information content (AvgIpc) is 2.39. The Hall–Kier alpha value is -0.0900. The molecule has 0 spiro atoms. The molecule has 0 bridgehead atoms. The van der Waals surface area contributed by atoms with E-state index in [4.69, 9.17) is 11.6 Å². The van der Waals surface area contributed by atoms with Crippen LogP contribution in [-0.2, 0) is 6.54 Å². The van der Waals surface area contributed by atoms with Crippen LogP contribution in [0.5, 0.6) is 0 Å². The number of aliphatic hydroxyl groups is 1. The minimum absolute atomic E-state index is 0.0154. The molecule has 2 nitrogen and oxygen atoms in total. The summed E-state index contributed by atoms with van der Waals surface area (Å²) in [6.45, 7) is 5.99. The normalized spacial score (nSPS) is 11.8. The van der Waals surface area contributed by atoms with Crippen molar-refractivity contribution in [2.75, 3.05) is 13.2 Å². The molecule has 0 atom stereocenters. The van der Waals surface area contributed by atoms with Gasteiger partial charge in [-0.2, -0.15) is 0 Å². The van der Waals surface area contributed by atoms with Gasteiger partial charge in [0.05, 0.1) is 0 Å². The second-order valence-corrected chi connectivity index (χ2v) is 6.03. The fourth-order valence-electron chi connectivity index (χ4n) is 1.92. The monoisotopic (exact) mass is 333 g/mol. The predicted octanol–water partition coefficient (Wildman–Crippen LogP) is 3.99.